The standard InChI is InChI=1S/C20H23N3O4S/c24-23(25)20-14-16(28(26,27)22-12-3-4-13-22)10-11-19(20)21-18-9-5-7-15-6-1-2-8-17(15)18/h1-2,6,8,10-11,14,18,21H,3-5,7,9,12-13H2. The largest absolute Gasteiger partial charge is 0.373 e. The van der Waals surface area contributed by atoms with Crippen molar-refractivity contribution in [3.8, 4) is 0 Å². The third-order valence-corrected chi connectivity index (χ3v) is 7.46. The molecule has 28 heavy (non-hydrogen) atoms. The van der Waals surface area contributed by atoms with Crippen molar-refractivity contribution in [2.24, 2.45) is 0 Å². The average molecular weight is 401 g/mol. The fourth-order valence-electron chi connectivity index (χ4n) is 4.11. The van der Waals surface area contributed by atoms with E-state index in [0.717, 1.165) is 37.7 Å². The molecule has 7 nitrogen and oxygen atoms in total. The zero-order valence-electron chi connectivity index (χ0n) is 15.5. The molecule has 2 aliphatic rings. The number of hydrogen-bond donors (Lipinski definition) is 1. The highest BCUT2D eigenvalue weighted by Crippen LogP contribution is 2.36. The molecule has 8 heteroatoms. The zero-order valence-corrected chi connectivity index (χ0v) is 16.3. The molecule has 1 N–H and O–H groups in total. The summed E-state index contributed by atoms with van der Waals surface area (Å²) in [5.74, 6) is 0. The van der Waals surface area contributed by atoms with Crippen molar-refractivity contribution in [3.63, 3.8) is 0 Å². The molecular formula is C20H23N3O4S. The van der Waals surface area contributed by atoms with Crippen LogP contribution >= 0.6 is 0 Å². The molecule has 1 unspecified atom stereocenters. The van der Waals surface area contributed by atoms with Gasteiger partial charge in [-0.1, -0.05) is 24.3 Å². The lowest BCUT2D eigenvalue weighted by molar-refractivity contribution is -0.384. The summed E-state index contributed by atoms with van der Waals surface area (Å²) in [6.45, 7) is 0.935. The molecule has 0 radical (unpaired) electrons. The molecule has 0 bridgehead atoms. The van der Waals surface area contributed by atoms with Gasteiger partial charge in [-0.3, -0.25) is 10.1 Å². The number of nitro benzene ring substituents is 1. The van der Waals surface area contributed by atoms with Gasteiger partial charge in [0.25, 0.3) is 5.69 Å². The lowest BCUT2D eigenvalue weighted by Gasteiger charge is -2.27. The monoisotopic (exact) mass is 401 g/mol. The Balaban J connectivity index is 1.66. The van der Waals surface area contributed by atoms with E-state index in [1.807, 2.05) is 18.2 Å². The van der Waals surface area contributed by atoms with Gasteiger partial charge in [-0.25, -0.2) is 8.42 Å². The number of nitro groups is 1. The van der Waals surface area contributed by atoms with Gasteiger partial charge in [0.15, 0.2) is 0 Å². The normalized spacial score (nSPS) is 19.9. The number of nitrogens with one attached hydrogen (secondary N) is 1. The molecule has 0 amide bonds. The summed E-state index contributed by atoms with van der Waals surface area (Å²) >= 11 is 0. The van der Waals surface area contributed by atoms with Crippen molar-refractivity contribution in [2.75, 3.05) is 18.4 Å². The van der Waals surface area contributed by atoms with Gasteiger partial charge < -0.3 is 5.32 Å². The fraction of sp³-hybridized carbons (Fsp3) is 0.400. The second-order valence-corrected chi connectivity index (χ2v) is 9.27. The number of benzene rings is 2. The molecule has 0 aromatic heterocycles. The topological polar surface area (TPSA) is 92.5 Å². The van der Waals surface area contributed by atoms with Crippen LogP contribution in [0.15, 0.2) is 47.4 Å². The van der Waals surface area contributed by atoms with Crippen LogP contribution in [0.4, 0.5) is 11.4 Å². The molecule has 1 atom stereocenters. The lowest BCUT2D eigenvalue weighted by Crippen LogP contribution is -2.28. The van der Waals surface area contributed by atoms with Gasteiger partial charge in [0.2, 0.25) is 10.0 Å². The second kappa shape index (κ2) is 7.52. The van der Waals surface area contributed by atoms with Gasteiger partial charge in [0, 0.05) is 19.2 Å². The number of hydrogen-bond acceptors (Lipinski definition) is 5. The van der Waals surface area contributed by atoms with E-state index in [-0.39, 0.29) is 16.6 Å². The molecule has 1 heterocycles. The summed E-state index contributed by atoms with van der Waals surface area (Å²) in [6.07, 6.45) is 4.53. The molecule has 0 saturated carbocycles. The summed E-state index contributed by atoms with van der Waals surface area (Å²) in [7, 11) is -3.69. The van der Waals surface area contributed by atoms with Crippen molar-refractivity contribution in [2.45, 2.75) is 43.0 Å². The average Bonchev–Trinajstić information content (AvgIpc) is 3.24. The molecular weight excluding hydrogens is 378 g/mol. The van der Waals surface area contributed by atoms with Gasteiger partial charge in [-0.2, -0.15) is 4.31 Å². The first-order valence-corrected chi connectivity index (χ1v) is 11.0. The minimum atomic E-state index is -3.69. The Hall–Kier alpha value is -2.45. The Morgan fingerprint density at radius 3 is 2.57 bits per heavy atom. The highest BCUT2D eigenvalue weighted by atomic mass is 32.2. The fourth-order valence-corrected chi connectivity index (χ4v) is 5.65. The predicted octanol–water partition coefficient (Wildman–Crippen LogP) is 3.87. The summed E-state index contributed by atoms with van der Waals surface area (Å²) in [6, 6.07) is 12.3. The first-order chi connectivity index (χ1) is 13.5. The maximum atomic E-state index is 12.8. The Morgan fingerprint density at radius 1 is 1.07 bits per heavy atom. The molecule has 1 aliphatic heterocycles. The van der Waals surface area contributed by atoms with Crippen LogP contribution in [0.3, 0.4) is 0 Å². The van der Waals surface area contributed by atoms with E-state index in [1.165, 1.54) is 28.1 Å². The molecule has 4 rings (SSSR count). The van der Waals surface area contributed by atoms with Crippen molar-refractivity contribution in [1.82, 2.24) is 4.31 Å². The molecule has 1 aliphatic carbocycles. The minimum Gasteiger partial charge on any atom is -0.373 e. The van der Waals surface area contributed by atoms with Gasteiger partial charge >= 0.3 is 0 Å². The van der Waals surface area contributed by atoms with Crippen LogP contribution in [0.1, 0.15) is 42.9 Å². The van der Waals surface area contributed by atoms with Gasteiger partial charge in [-0.05, 0) is 55.4 Å². The summed E-state index contributed by atoms with van der Waals surface area (Å²) < 4.78 is 26.9. The van der Waals surface area contributed by atoms with E-state index < -0.39 is 14.9 Å². The van der Waals surface area contributed by atoms with Crippen molar-refractivity contribution >= 4 is 21.4 Å². The maximum Gasteiger partial charge on any atom is 0.293 e. The Morgan fingerprint density at radius 2 is 1.82 bits per heavy atom. The highest BCUT2D eigenvalue weighted by Gasteiger charge is 2.30. The van der Waals surface area contributed by atoms with E-state index >= 15 is 0 Å². The van der Waals surface area contributed by atoms with Crippen molar-refractivity contribution < 1.29 is 13.3 Å². The third-order valence-electron chi connectivity index (χ3n) is 5.57. The number of rotatable bonds is 5. The third kappa shape index (κ3) is 3.49. The first kappa shape index (κ1) is 18.9. The van der Waals surface area contributed by atoms with Crippen LogP contribution in [-0.2, 0) is 16.4 Å². The number of anilines is 1. The number of sulfonamides is 1. The Labute approximate surface area is 164 Å². The van der Waals surface area contributed by atoms with Gasteiger partial charge in [0.1, 0.15) is 5.69 Å². The first-order valence-electron chi connectivity index (χ1n) is 9.60. The van der Waals surface area contributed by atoms with Gasteiger partial charge in [-0.15, -0.1) is 0 Å². The number of nitrogens with zero attached hydrogens (tertiary/aromatic N) is 2. The Bertz CT molecular complexity index is 1000. The van der Waals surface area contributed by atoms with E-state index in [4.69, 9.17) is 0 Å². The number of fused-ring (bicyclic) bond motifs is 1. The van der Waals surface area contributed by atoms with E-state index in [1.54, 1.807) is 0 Å². The van der Waals surface area contributed by atoms with Crippen LogP contribution < -0.4 is 5.32 Å². The second-order valence-electron chi connectivity index (χ2n) is 7.34. The van der Waals surface area contributed by atoms with Gasteiger partial charge in [0.05, 0.1) is 15.9 Å². The van der Waals surface area contributed by atoms with Crippen LogP contribution in [-0.4, -0.2) is 30.7 Å². The van der Waals surface area contributed by atoms with Crippen molar-refractivity contribution in [1.29, 1.82) is 0 Å². The molecule has 0 spiro atoms. The summed E-state index contributed by atoms with van der Waals surface area (Å²) in [5, 5.41) is 15.0. The quantitative estimate of drug-likeness (QED) is 0.606. The highest BCUT2D eigenvalue weighted by molar-refractivity contribution is 7.89. The summed E-state index contributed by atoms with van der Waals surface area (Å²) in [4.78, 5) is 11.1. The van der Waals surface area contributed by atoms with E-state index in [2.05, 4.69) is 11.4 Å². The minimum absolute atomic E-state index is 0.0179. The maximum absolute atomic E-state index is 12.8. The SMILES string of the molecule is O=[N+]([O-])c1cc(S(=O)(=O)N2CCCC2)ccc1NC1CCCc2ccccc21. The zero-order chi connectivity index (χ0) is 19.7. The van der Waals surface area contributed by atoms with Crippen LogP contribution in [0.25, 0.3) is 0 Å². The van der Waals surface area contributed by atoms with Crippen molar-refractivity contribution in [3.05, 3.63) is 63.7 Å². The molecule has 148 valence electrons. The molecule has 1 saturated heterocycles. The predicted molar refractivity (Wildman–Crippen MR) is 107 cm³/mol. The number of aryl methyl sites for hydroxylation is 1. The molecule has 2 aromatic rings. The van der Waals surface area contributed by atoms with Crippen LogP contribution in [0, 0.1) is 10.1 Å². The van der Waals surface area contributed by atoms with Crippen LogP contribution in [0.2, 0.25) is 0 Å². The summed E-state index contributed by atoms with van der Waals surface area (Å²) in [5.41, 5.74) is 2.55. The van der Waals surface area contributed by atoms with E-state index in [9.17, 15) is 18.5 Å². The lowest BCUT2D eigenvalue weighted by atomic mass is 9.87. The molecule has 2 aromatic carbocycles. The molecule has 1 fully saturated rings. The Kier molecular flexibility index (Phi) is 5.07. The van der Waals surface area contributed by atoms with Crippen LogP contribution in [0.5, 0.6) is 0 Å². The van der Waals surface area contributed by atoms with E-state index in [0.29, 0.717) is 18.8 Å². The smallest absolute Gasteiger partial charge is 0.293 e.